The Hall–Kier alpha value is -1.76. The second-order valence-electron chi connectivity index (χ2n) is 4.42. The van der Waals surface area contributed by atoms with Gasteiger partial charge in [-0.25, -0.2) is 13.1 Å². The lowest BCUT2D eigenvalue weighted by Crippen LogP contribution is -2.25. The summed E-state index contributed by atoms with van der Waals surface area (Å²) in [7, 11) is -3.37. The molecule has 0 atom stereocenters. The van der Waals surface area contributed by atoms with Gasteiger partial charge in [-0.05, 0) is 23.3 Å². The Morgan fingerprint density at radius 1 is 1.05 bits per heavy atom. The quantitative estimate of drug-likeness (QED) is 0.836. The zero-order valence-corrected chi connectivity index (χ0v) is 11.8. The van der Waals surface area contributed by atoms with Crippen molar-refractivity contribution in [2.45, 2.75) is 18.8 Å². The summed E-state index contributed by atoms with van der Waals surface area (Å²) < 4.78 is 26.5. The monoisotopic (exact) mass is 291 g/mol. The summed E-state index contributed by atoms with van der Waals surface area (Å²) in [6.45, 7) is 0.648. The van der Waals surface area contributed by atoms with E-state index in [-0.39, 0.29) is 12.3 Å². The number of nitrogens with zero attached hydrogens (tertiary/aromatic N) is 1. The Labute approximate surface area is 118 Å². The molecular formula is C14H17N3O2S. The average Bonchev–Trinajstić information content (AvgIpc) is 2.47. The lowest BCUT2D eigenvalue weighted by atomic mass is 10.1. The molecular weight excluding hydrogens is 274 g/mol. The molecule has 0 fully saturated rings. The lowest BCUT2D eigenvalue weighted by Gasteiger charge is -2.07. The van der Waals surface area contributed by atoms with Crippen molar-refractivity contribution in [3.05, 3.63) is 65.5 Å². The molecule has 3 N–H and O–H groups in total. The van der Waals surface area contributed by atoms with Gasteiger partial charge in [0.1, 0.15) is 0 Å². The van der Waals surface area contributed by atoms with Gasteiger partial charge in [0.05, 0.1) is 18.0 Å². The summed E-state index contributed by atoms with van der Waals surface area (Å²) in [5.74, 6) is -0.0509. The zero-order chi connectivity index (χ0) is 14.4. The molecule has 0 radical (unpaired) electrons. The number of nitrogens with two attached hydrogens (primary N) is 1. The van der Waals surface area contributed by atoms with E-state index < -0.39 is 10.0 Å². The number of aromatic nitrogens is 1. The molecule has 0 aliphatic heterocycles. The van der Waals surface area contributed by atoms with E-state index in [2.05, 4.69) is 9.71 Å². The standard InChI is InChI=1S/C14H17N3O2S/c15-9-12-4-6-13(7-5-12)11-20(18,19)17-10-14-3-1-2-8-16-14/h1-8,17H,9-11,15H2. The van der Waals surface area contributed by atoms with E-state index in [0.717, 1.165) is 11.1 Å². The number of hydrogen-bond donors (Lipinski definition) is 2. The Morgan fingerprint density at radius 2 is 1.75 bits per heavy atom. The summed E-state index contributed by atoms with van der Waals surface area (Å²) in [6, 6.07) is 12.6. The molecule has 0 bridgehead atoms. The summed E-state index contributed by atoms with van der Waals surface area (Å²) in [5.41, 5.74) is 7.90. The van der Waals surface area contributed by atoms with Crippen LogP contribution in [-0.4, -0.2) is 13.4 Å². The third-order valence-electron chi connectivity index (χ3n) is 2.81. The molecule has 0 spiro atoms. The molecule has 0 unspecified atom stereocenters. The van der Waals surface area contributed by atoms with Gasteiger partial charge in [0, 0.05) is 12.7 Å². The normalized spacial score (nSPS) is 11.4. The van der Waals surface area contributed by atoms with Crippen molar-refractivity contribution in [3.8, 4) is 0 Å². The molecule has 0 saturated carbocycles. The Balaban J connectivity index is 1.96. The highest BCUT2D eigenvalue weighted by atomic mass is 32.2. The summed E-state index contributed by atoms with van der Waals surface area (Å²) in [6.07, 6.45) is 1.63. The van der Waals surface area contributed by atoms with E-state index >= 15 is 0 Å². The van der Waals surface area contributed by atoms with E-state index in [1.807, 2.05) is 18.2 Å². The zero-order valence-electron chi connectivity index (χ0n) is 11.0. The molecule has 0 aliphatic carbocycles. The smallest absolute Gasteiger partial charge is 0.216 e. The molecule has 1 aromatic carbocycles. The minimum atomic E-state index is -3.37. The van der Waals surface area contributed by atoms with Crippen LogP contribution in [0.25, 0.3) is 0 Å². The topological polar surface area (TPSA) is 85.1 Å². The van der Waals surface area contributed by atoms with Gasteiger partial charge in [-0.2, -0.15) is 0 Å². The second-order valence-corrected chi connectivity index (χ2v) is 6.23. The molecule has 20 heavy (non-hydrogen) atoms. The molecule has 2 rings (SSSR count). The molecule has 5 nitrogen and oxygen atoms in total. The first-order valence-corrected chi connectivity index (χ1v) is 7.89. The van der Waals surface area contributed by atoms with Crippen LogP contribution in [0.15, 0.2) is 48.7 Å². The van der Waals surface area contributed by atoms with Gasteiger partial charge in [-0.1, -0.05) is 30.3 Å². The van der Waals surface area contributed by atoms with Gasteiger partial charge in [0.25, 0.3) is 0 Å². The van der Waals surface area contributed by atoms with Gasteiger partial charge in [0.15, 0.2) is 0 Å². The summed E-state index contributed by atoms with van der Waals surface area (Å²) in [4.78, 5) is 4.07. The number of pyridine rings is 1. The van der Waals surface area contributed by atoms with E-state index in [9.17, 15) is 8.42 Å². The molecule has 2 aromatic rings. The van der Waals surface area contributed by atoms with E-state index in [1.165, 1.54) is 0 Å². The van der Waals surface area contributed by atoms with Crippen LogP contribution in [0.4, 0.5) is 0 Å². The average molecular weight is 291 g/mol. The second kappa shape index (κ2) is 6.60. The van der Waals surface area contributed by atoms with Gasteiger partial charge >= 0.3 is 0 Å². The maximum atomic E-state index is 12.0. The van der Waals surface area contributed by atoms with Crippen LogP contribution < -0.4 is 10.5 Å². The van der Waals surface area contributed by atoms with Crippen molar-refractivity contribution >= 4 is 10.0 Å². The van der Waals surface area contributed by atoms with Crippen molar-refractivity contribution in [2.75, 3.05) is 0 Å². The van der Waals surface area contributed by atoms with Gasteiger partial charge < -0.3 is 5.73 Å². The van der Waals surface area contributed by atoms with E-state index in [0.29, 0.717) is 12.2 Å². The predicted octanol–water partition coefficient (Wildman–Crippen LogP) is 1.16. The van der Waals surface area contributed by atoms with Crippen LogP contribution in [0.5, 0.6) is 0 Å². The maximum Gasteiger partial charge on any atom is 0.216 e. The van der Waals surface area contributed by atoms with Gasteiger partial charge in [0.2, 0.25) is 10.0 Å². The first-order valence-electron chi connectivity index (χ1n) is 6.24. The van der Waals surface area contributed by atoms with Gasteiger partial charge in [-0.15, -0.1) is 0 Å². The Kier molecular flexibility index (Phi) is 4.84. The van der Waals surface area contributed by atoms with Gasteiger partial charge in [-0.3, -0.25) is 4.98 Å². The first kappa shape index (κ1) is 14.6. The first-order chi connectivity index (χ1) is 9.59. The van der Waals surface area contributed by atoms with Crippen LogP contribution in [0.3, 0.4) is 0 Å². The molecule has 0 saturated heterocycles. The van der Waals surface area contributed by atoms with Crippen LogP contribution in [-0.2, 0) is 28.9 Å². The van der Waals surface area contributed by atoms with Crippen molar-refractivity contribution < 1.29 is 8.42 Å². The fraction of sp³-hybridized carbons (Fsp3) is 0.214. The fourth-order valence-electron chi connectivity index (χ4n) is 1.73. The number of benzene rings is 1. The summed E-state index contributed by atoms with van der Waals surface area (Å²) in [5, 5.41) is 0. The highest BCUT2D eigenvalue weighted by molar-refractivity contribution is 7.88. The van der Waals surface area contributed by atoms with E-state index in [1.54, 1.807) is 30.5 Å². The van der Waals surface area contributed by atoms with Crippen LogP contribution in [0, 0.1) is 0 Å². The Bertz CT molecular complexity index is 640. The molecule has 6 heteroatoms. The Morgan fingerprint density at radius 3 is 2.35 bits per heavy atom. The number of hydrogen-bond acceptors (Lipinski definition) is 4. The fourth-order valence-corrected chi connectivity index (χ4v) is 2.83. The van der Waals surface area contributed by atoms with E-state index in [4.69, 9.17) is 5.73 Å². The number of sulfonamides is 1. The van der Waals surface area contributed by atoms with Crippen LogP contribution in [0.1, 0.15) is 16.8 Å². The SMILES string of the molecule is NCc1ccc(CS(=O)(=O)NCc2ccccn2)cc1. The lowest BCUT2D eigenvalue weighted by molar-refractivity contribution is 0.579. The van der Waals surface area contributed by atoms with Crippen molar-refractivity contribution in [1.29, 1.82) is 0 Å². The van der Waals surface area contributed by atoms with Crippen molar-refractivity contribution in [3.63, 3.8) is 0 Å². The molecule has 1 heterocycles. The molecule has 106 valence electrons. The minimum Gasteiger partial charge on any atom is -0.326 e. The number of rotatable bonds is 6. The predicted molar refractivity (Wildman–Crippen MR) is 78.0 cm³/mol. The highest BCUT2D eigenvalue weighted by Gasteiger charge is 2.11. The van der Waals surface area contributed by atoms with Crippen LogP contribution in [0.2, 0.25) is 0 Å². The molecule has 0 aliphatic rings. The highest BCUT2D eigenvalue weighted by Crippen LogP contribution is 2.08. The largest absolute Gasteiger partial charge is 0.326 e. The third kappa shape index (κ3) is 4.41. The summed E-state index contributed by atoms with van der Waals surface area (Å²) >= 11 is 0. The van der Waals surface area contributed by atoms with Crippen molar-refractivity contribution in [2.24, 2.45) is 5.73 Å². The third-order valence-corrected chi connectivity index (χ3v) is 4.11. The number of nitrogens with one attached hydrogen (secondary N) is 1. The molecule has 1 aromatic heterocycles. The van der Waals surface area contributed by atoms with Crippen molar-refractivity contribution in [1.82, 2.24) is 9.71 Å². The molecule has 0 amide bonds. The van der Waals surface area contributed by atoms with Crippen LogP contribution >= 0.6 is 0 Å². The maximum absolute atomic E-state index is 12.0. The minimum absolute atomic E-state index is 0.0509.